The monoisotopic (exact) mass is 362 g/mol. The highest BCUT2D eigenvalue weighted by Gasteiger charge is 2.32. The Morgan fingerprint density at radius 1 is 0.370 bits per heavy atom. The standard InChI is InChI=1S/C26H15Cl/c27-23-15-7-14-21-18-10-3-6-13-22(18)26(25(21)23)24-19-11-4-1-8-16(19)17-9-2-5-12-20(17)24/h1-15H. The molecule has 0 aromatic heterocycles. The number of fused-ring (bicyclic) bond motifs is 6. The van der Waals surface area contributed by atoms with Crippen molar-refractivity contribution >= 4 is 22.7 Å². The van der Waals surface area contributed by atoms with E-state index >= 15 is 0 Å². The van der Waals surface area contributed by atoms with Crippen LogP contribution in [0.2, 0.25) is 5.02 Å². The molecule has 0 amide bonds. The topological polar surface area (TPSA) is 0 Å². The van der Waals surface area contributed by atoms with Gasteiger partial charge >= 0.3 is 0 Å². The third kappa shape index (κ3) is 1.94. The first-order valence-corrected chi connectivity index (χ1v) is 9.54. The van der Waals surface area contributed by atoms with E-state index < -0.39 is 0 Å². The second-order valence-electron chi connectivity index (χ2n) is 7.05. The van der Waals surface area contributed by atoms with Gasteiger partial charge in [0.2, 0.25) is 0 Å². The van der Waals surface area contributed by atoms with E-state index in [1.54, 1.807) is 0 Å². The quantitative estimate of drug-likeness (QED) is 0.266. The molecular formula is C26H15Cl. The maximum absolute atomic E-state index is 6.75. The zero-order valence-electron chi connectivity index (χ0n) is 14.5. The normalized spacial score (nSPS) is 13.2. The number of halogens is 1. The maximum Gasteiger partial charge on any atom is 0.0491 e. The molecule has 126 valence electrons. The Morgan fingerprint density at radius 2 is 0.778 bits per heavy atom. The van der Waals surface area contributed by atoms with Gasteiger partial charge < -0.3 is 0 Å². The lowest BCUT2D eigenvalue weighted by Crippen LogP contribution is -1.91. The van der Waals surface area contributed by atoms with Gasteiger partial charge in [0.25, 0.3) is 0 Å². The van der Waals surface area contributed by atoms with Gasteiger partial charge in [0.15, 0.2) is 0 Å². The molecule has 0 unspecified atom stereocenters. The predicted molar refractivity (Wildman–Crippen MR) is 114 cm³/mol. The fourth-order valence-corrected chi connectivity index (χ4v) is 4.89. The highest BCUT2D eigenvalue weighted by Crippen LogP contribution is 2.55. The molecule has 0 saturated heterocycles. The first-order valence-electron chi connectivity index (χ1n) is 9.17. The Bertz CT molecular complexity index is 1230. The van der Waals surface area contributed by atoms with Gasteiger partial charge in [0.1, 0.15) is 0 Å². The molecule has 0 spiro atoms. The van der Waals surface area contributed by atoms with Crippen molar-refractivity contribution in [1.29, 1.82) is 0 Å². The molecule has 6 rings (SSSR count). The number of benzene rings is 4. The van der Waals surface area contributed by atoms with E-state index in [0.29, 0.717) is 0 Å². The fourth-order valence-electron chi connectivity index (χ4n) is 4.62. The van der Waals surface area contributed by atoms with Gasteiger partial charge in [-0.25, -0.2) is 0 Å². The summed E-state index contributed by atoms with van der Waals surface area (Å²) in [6.07, 6.45) is 0. The second kappa shape index (κ2) is 5.45. The molecular weight excluding hydrogens is 348 g/mol. The van der Waals surface area contributed by atoms with Gasteiger partial charge in [-0.05, 0) is 50.6 Å². The molecule has 0 radical (unpaired) electrons. The van der Waals surface area contributed by atoms with Crippen LogP contribution in [0.1, 0.15) is 22.3 Å². The minimum atomic E-state index is 0.813. The molecule has 0 aliphatic heterocycles. The minimum Gasteiger partial charge on any atom is -0.0836 e. The molecule has 0 saturated carbocycles. The van der Waals surface area contributed by atoms with Crippen LogP contribution in [0, 0.1) is 0 Å². The van der Waals surface area contributed by atoms with Gasteiger partial charge in [0.05, 0.1) is 0 Å². The maximum atomic E-state index is 6.75. The van der Waals surface area contributed by atoms with Crippen LogP contribution in [-0.4, -0.2) is 0 Å². The first-order chi connectivity index (χ1) is 13.3. The van der Waals surface area contributed by atoms with Crippen LogP contribution in [0.5, 0.6) is 0 Å². The van der Waals surface area contributed by atoms with Crippen LogP contribution in [0.25, 0.3) is 33.4 Å². The zero-order valence-corrected chi connectivity index (χ0v) is 15.3. The fraction of sp³-hybridized carbons (Fsp3) is 0. The van der Waals surface area contributed by atoms with Gasteiger partial charge in [-0.15, -0.1) is 0 Å². The summed E-state index contributed by atoms with van der Waals surface area (Å²) in [7, 11) is 0. The molecule has 0 fully saturated rings. The molecule has 2 aliphatic rings. The van der Waals surface area contributed by atoms with Crippen LogP contribution in [0.15, 0.2) is 91.0 Å². The van der Waals surface area contributed by atoms with E-state index in [4.69, 9.17) is 11.6 Å². The summed E-state index contributed by atoms with van der Waals surface area (Å²) in [5.74, 6) is 0. The molecule has 27 heavy (non-hydrogen) atoms. The largest absolute Gasteiger partial charge is 0.0836 e. The van der Waals surface area contributed by atoms with E-state index in [9.17, 15) is 0 Å². The lowest BCUT2D eigenvalue weighted by atomic mass is 9.92. The molecule has 0 nitrogen and oxygen atoms in total. The van der Waals surface area contributed by atoms with E-state index in [1.165, 1.54) is 50.1 Å². The molecule has 0 N–H and O–H groups in total. The summed E-state index contributed by atoms with van der Waals surface area (Å²) in [5, 5.41) is 0.813. The molecule has 4 aromatic rings. The Labute approximate surface area is 163 Å². The molecule has 2 aliphatic carbocycles. The average molecular weight is 363 g/mol. The number of hydrogen-bond acceptors (Lipinski definition) is 0. The number of hydrogen-bond donors (Lipinski definition) is 0. The van der Waals surface area contributed by atoms with Crippen molar-refractivity contribution in [3.63, 3.8) is 0 Å². The SMILES string of the molecule is Clc1cccc2c1C(=C1c3ccccc3-c3ccccc31)c1ccccc1-2. The third-order valence-corrected chi connectivity index (χ3v) is 6.00. The first kappa shape index (κ1) is 15.0. The van der Waals surface area contributed by atoms with E-state index in [2.05, 4.69) is 78.9 Å². The van der Waals surface area contributed by atoms with Crippen molar-refractivity contribution < 1.29 is 0 Å². The van der Waals surface area contributed by atoms with Crippen LogP contribution >= 0.6 is 11.6 Å². The van der Waals surface area contributed by atoms with Gasteiger partial charge in [-0.2, -0.15) is 0 Å². The number of rotatable bonds is 0. The minimum absolute atomic E-state index is 0.813. The summed E-state index contributed by atoms with van der Waals surface area (Å²) in [5.41, 5.74) is 12.6. The van der Waals surface area contributed by atoms with Gasteiger partial charge in [0, 0.05) is 16.2 Å². The van der Waals surface area contributed by atoms with E-state index in [0.717, 1.165) is 10.6 Å². The van der Waals surface area contributed by atoms with Crippen LogP contribution in [0.4, 0.5) is 0 Å². The van der Waals surface area contributed by atoms with Crippen molar-refractivity contribution in [1.82, 2.24) is 0 Å². The second-order valence-corrected chi connectivity index (χ2v) is 7.46. The van der Waals surface area contributed by atoms with Crippen molar-refractivity contribution in [3.8, 4) is 22.3 Å². The van der Waals surface area contributed by atoms with Crippen molar-refractivity contribution in [2.45, 2.75) is 0 Å². The highest BCUT2D eigenvalue weighted by atomic mass is 35.5. The highest BCUT2D eigenvalue weighted by molar-refractivity contribution is 6.35. The average Bonchev–Trinajstić information content (AvgIpc) is 3.22. The predicted octanol–water partition coefficient (Wildman–Crippen LogP) is 7.31. The molecule has 0 atom stereocenters. The van der Waals surface area contributed by atoms with Crippen molar-refractivity contribution in [2.75, 3.05) is 0 Å². The van der Waals surface area contributed by atoms with Crippen LogP contribution in [-0.2, 0) is 0 Å². The Kier molecular flexibility index (Phi) is 3.03. The Hall–Kier alpha value is -3.09. The Balaban J connectivity index is 1.84. The van der Waals surface area contributed by atoms with Crippen LogP contribution < -0.4 is 0 Å². The smallest absolute Gasteiger partial charge is 0.0491 e. The lowest BCUT2D eigenvalue weighted by Gasteiger charge is -2.12. The summed E-state index contributed by atoms with van der Waals surface area (Å²) in [6.45, 7) is 0. The molecule has 0 bridgehead atoms. The lowest BCUT2D eigenvalue weighted by molar-refractivity contribution is 1.62. The molecule has 0 heterocycles. The van der Waals surface area contributed by atoms with Gasteiger partial charge in [-0.1, -0.05) is 96.5 Å². The molecule has 4 aromatic carbocycles. The summed E-state index contributed by atoms with van der Waals surface area (Å²) >= 11 is 6.75. The Morgan fingerprint density at radius 3 is 1.33 bits per heavy atom. The summed E-state index contributed by atoms with van der Waals surface area (Å²) < 4.78 is 0. The summed E-state index contributed by atoms with van der Waals surface area (Å²) in [4.78, 5) is 0. The van der Waals surface area contributed by atoms with Crippen molar-refractivity contribution in [3.05, 3.63) is 118 Å². The van der Waals surface area contributed by atoms with E-state index in [-0.39, 0.29) is 0 Å². The molecule has 1 heteroatoms. The van der Waals surface area contributed by atoms with Crippen LogP contribution in [0.3, 0.4) is 0 Å². The summed E-state index contributed by atoms with van der Waals surface area (Å²) in [6, 6.07) is 32.2. The van der Waals surface area contributed by atoms with Crippen molar-refractivity contribution in [2.24, 2.45) is 0 Å². The van der Waals surface area contributed by atoms with Gasteiger partial charge in [-0.3, -0.25) is 0 Å². The third-order valence-electron chi connectivity index (χ3n) is 5.68. The zero-order chi connectivity index (χ0) is 18.0. The van der Waals surface area contributed by atoms with E-state index in [1.807, 2.05) is 12.1 Å².